The minimum absolute atomic E-state index is 0.219. The number of nitriles is 1. The molecule has 1 aliphatic heterocycles. The highest BCUT2D eigenvalue weighted by molar-refractivity contribution is 7.99. The first-order valence-corrected chi connectivity index (χ1v) is 10.2. The summed E-state index contributed by atoms with van der Waals surface area (Å²) in [5, 5.41) is 10.2. The molecule has 2 fully saturated rings. The molecule has 0 bridgehead atoms. The second kappa shape index (κ2) is 7.42. The smallest absolute Gasteiger partial charge is 0.147 e. The first-order valence-electron chi connectivity index (χ1n) is 8.99. The van der Waals surface area contributed by atoms with Crippen molar-refractivity contribution in [3.8, 4) is 6.07 Å². The highest BCUT2D eigenvalue weighted by atomic mass is 35.5. The second-order valence-corrected chi connectivity index (χ2v) is 8.52. The molecular formula is C19H20ClN5S. The lowest BCUT2D eigenvalue weighted by Gasteiger charge is -2.39. The zero-order chi connectivity index (χ0) is 18.0. The molecule has 3 heterocycles. The topological polar surface area (TPSA) is 65.7 Å². The molecule has 0 unspecified atom stereocenters. The second-order valence-electron chi connectivity index (χ2n) is 7.10. The first-order chi connectivity index (χ1) is 12.7. The van der Waals surface area contributed by atoms with Crippen LogP contribution < -0.4 is 4.90 Å². The van der Waals surface area contributed by atoms with E-state index in [1.807, 2.05) is 6.20 Å². The van der Waals surface area contributed by atoms with Gasteiger partial charge in [0.15, 0.2) is 0 Å². The van der Waals surface area contributed by atoms with Gasteiger partial charge in [0.1, 0.15) is 27.6 Å². The number of halogens is 1. The molecule has 1 spiro atoms. The van der Waals surface area contributed by atoms with Gasteiger partial charge < -0.3 is 4.90 Å². The lowest BCUT2D eigenvalue weighted by Crippen LogP contribution is -2.39. The Labute approximate surface area is 162 Å². The Balaban J connectivity index is 1.43. The van der Waals surface area contributed by atoms with Gasteiger partial charge in [0.25, 0.3) is 0 Å². The molecule has 26 heavy (non-hydrogen) atoms. The summed E-state index contributed by atoms with van der Waals surface area (Å²) in [5.74, 6) is 0.940. The van der Waals surface area contributed by atoms with Crippen molar-refractivity contribution in [1.29, 1.82) is 5.26 Å². The predicted octanol–water partition coefficient (Wildman–Crippen LogP) is 4.71. The Kier molecular flexibility index (Phi) is 5.01. The van der Waals surface area contributed by atoms with Crippen LogP contribution in [0.5, 0.6) is 0 Å². The molecule has 2 aromatic rings. The third-order valence-corrected chi connectivity index (χ3v) is 6.89. The number of rotatable bonds is 3. The van der Waals surface area contributed by atoms with Crippen molar-refractivity contribution in [3.63, 3.8) is 0 Å². The quantitative estimate of drug-likeness (QED) is 0.713. The van der Waals surface area contributed by atoms with Crippen LogP contribution in [-0.2, 0) is 0 Å². The van der Waals surface area contributed by atoms with E-state index in [4.69, 9.17) is 11.6 Å². The molecule has 134 valence electrons. The number of anilines is 1. The predicted molar refractivity (Wildman–Crippen MR) is 102 cm³/mol. The van der Waals surface area contributed by atoms with E-state index in [9.17, 15) is 5.26 Å². The summed E-state index contributed by atoms with van der Waals surface area (Å²) in [5.41, 5.74) is 0.983. The Hall–Kier alpha value is -1.84. The summed E-state index contributed by atoms with van der Waals surface area (Å²) < 4.78 is 0. The summed E-state index contributed by atoms with van der Waals surface area (Å²) in [6.45, 7) is 2.14. The van der Waals surface area contributed by atoms with Crippen LogP contribution in [0.3, 0.4) is 0 Å². The van der Waals surface area contributed by atoms with Gasteiger partial charge in [0, 0.05) is 24.2 Å². The molecule has 2 aliphatic rings. The van der Waals surface area contributed by atoms with Crippen molar-refractivity contribution in [1.82, 2.24) is 15.0 Å². The van der Waals surface area contributed by atoms with Gasteiger partial charge in [-0.15, -0.1) is 0 Å². The SMILES string of the molecule is N#Cc1c(Sc2cnc(N3CCC4(CCCC4)CC3)cn2)ccnc1Cl. The Morgan fingerprint density at radius 3 is 2.50 bits per heavy atom. The van der Waals surface area contributed by atoms with E-state index in [1.165, 1.54) is 50.3 Å². The van der Waals surface area contributed by atoms with E-state index < -0.39 is 0 Å². The van der Waals surface area contributed by atoms with Crippen molar-refractivity contribution >= 4 is 29.2 Å². The minimum Gasteiger partial charge on any atom is -0.355 e. The van der Waals surface area contributed by atoms with E-state index in [2.05, 4.69) is 25.9 Å². The summed E-state index contributed by atoms with van der Waals surface area (Å²) in [6.07, 6.45) is 13.3. The molecule has 7 heteroatoms. The largest absolute Gasteiger partial charge is 0.355 e. The molecule has 0 N–H and O–H groups in total. The number of nitrogens with zero attached hydrogens (tertiary/aromatic N) is 5. The average molecular weight is 386 g/mol. The van der Waals surface area contributed by atoms with Crippen LogP contribution in [0.15, 0.2) is 34.6 Å². The lowest BCUT2D eigenvalue weighted by molar-refractivity contribution is 0.226. The molecular weight excluding hydrogens is 366 g/mol. The maximum Gasteiger partial charge on any atom is 0.147 e. The monoisotopic (exact) mass is 385 g/mol. The van der Waals surface area contributed by atoms with Crippen molar-refractivity contribution < 1.29 is 0 Å². The third kappa shape index (κ3) is 3.51. The number of hydrogen-bond acceptors (Lipinski definition) is 6. The molecule has 2 aromatic heterocycles. The Morgan fingerprint density at radius 1 is 1.08 bits per heavy atom. The van der Waals surface area contributed by atoms with Crippen LogP contribution in [0, 0.1) is 16.7 Å². The minimum atomic E-state index is 0.219. The maximum absolute atomic E-state index is 9.25. The standard InChI is InChI=1S/C19H20ClN5S/c20-18-14(11-21)15(3-8-22-18)26-17-13-23-16(12-24-17)25-9-6-19(7-10-25)4-1-2-5-19/h3,8,12-13H,1-2,4-7,9-10H2. The van der Waals surface area contributed by atoms with Crippen LogP contribution in [-0.4, -0.2) is 28.0 Å². The molecule has 0 radical (unpaired) electrons. The van der Waals surface area contributed by atoms with Crippen LogP contribution in [0.2, 0.25) is 5.15 Å². The van der Waals surface area contributed by atoms with E-state index in [0.717, 1.165) is 28.8 Å². The third-order valence-electron chi connectivity index (χ3n) is 5.62. The summed E-state index contributed by atoms with van der Waals surface area (Å²) in [4.78, 5) is 16.2. The normalized spacial score (nSPS) is 18.8. The number of hydrogen-bond donors (Lipinski definition) is 0. The molecule has 1 saturated carbocycles. The summed E-state index contributed by atoms with van der Waals surface area (Å²) in [6, 6.07) is 3.87. The first kappa shape index (κ1) is 17.6. The maximum atomic E-state index is 9.25. The van der Waals surface area contributed by atoms with Crippen molar-refractivity contribution in [2.75, 3.05) is 18.0 Å². The van der Waals surface area contributed by atoms with E-state index in [0.29, 0.717) is 11.0 Å². The van der Waals surface area contributed by atoms with Gasteiger partial charge in [-0.05, 0) is 37.2 Å². The van der Waals surface area contributed by atoms with Crippen LogP contribution in [0.4, 0.5) is 5.82 Å². The van der Waals surface area contributed by atoms with Crippen LogP contribution >= 0.6 is 23.4 Å². The average Bonchev–Trinajstić information content (AvgIpc) is 3.11. The fourth-order valence-corrected chi connectivity index (χ4v) is 5.15. The fourth-order valence-electron chi connectivity index (χ4n) is 4.08. The van der Waals surface area contributed by atoms with Gasteiger partial charge in [-0.2, -0.15) is 5.26 Å². The van der Waals surface area contributed by atoms with Crippen LogP contribution in [0.25, 0.3) is 0 Å². The lowest BCUT2D eigenvalue weighted by atomic mass is 9.77. The van der Waals surface area contributed by atoms with Crippen molar-refractivity contribution in [3.05, 3.63) is 35.4 Å². The number of piperidine rings is 1. The Bertz CT molecular complexity index is 817. The molecule has 5 nitrogen and oxygen atoms in total. The fraction of sp³-hybridized carbons (Fsp3) is 0.474. The molecule has 4 rings (SSSR count). The summed E-state index contributed by atoms with van der Waals surface area (Å²) in [7, 11) is 0. The van der Waals surface area contributed by atoms with Gasteiger partial charge in [-0.3, -0.25) is 0 Å². The molecule has 1 saturated heterocycles. The van der Waals surface area contributed by atoms with Crippen molar-refractivity contribution in [2.24, 2.45) is 5.41 Å². The van der Waals surface area contributed by atoms with Crippen LogP contribution in [0.1, 0.15) is 44.1 Å². The van der Waals surface area contributed by atoms with Gasteiger partial charge in [-0.1, -0.05) is 36.2 Å². The highest BCUT2D eigenvalue weighted by Crippen LogP contribution is 2.46. The van der Waals surface area contributed by atoms with E-state index >= 15 is 0 Å². The molecule has 0 amide bonds. The molecule has 1 aliphatic carbocycles. The molecule has 0 atom stereocenters. The summed E-state index contributed by atoms with van der Waals surface area (Å²) >= 11 is 7.37. The number of aromatic nitrogens is 3. The van der Waals surface area contributed by atoms with E-state index in [-0.39, 0.29) is 5.15 Å². The molecule has 0 aromatic carbocycles. The Morgan fingerprint density at radius 2 is 1.85 bits per heavy atom. The van der Waals surface area contributed by atoms with Gasteiger partial charge >= 0.3 is 0 Å². The highest BCUT2D eigenvalue weighted by Gasteiger charge is 2.37. The zero-order valence-electron chi connectivity index (χ0n) is 14.5. The zero-order valence-corrected chi connectivity index (χ0v) is 16.1. The van der Waals surface area contributed by atoms with Crippen molar-refractivity contribution in [2.45, 2.75) is 48.4 Å². The van der Waals surface area contributed by atoms with E-state index in [1.54, 1.807) is 18.5 Å². The van der Waals surface area contributed by atoms with Gasteiger partial charge in [-0.25, -0.2) is 15.0 Å². The number of pyridine rings is 1. The van der Waals surface area contributed by atoms with Gasteiger partial charge in [0.2, 0.25) is 0 Å². The van der Waals surface area contributed by atoms with Gasteiger partial charge in [0.05, 0.1) is 12.4 Å².